The van der Waals surface area contributed by atoms with E-state index in [0.717, 1.165) is 13.0 Å². The molecular formula is C12H23N3O. The van der Waals surface area contributed by atoms with Crippen LogP contribution in [0.4, 0.5) is 0 Å². The van der Waals surface area contributed by atoms with Crippen molar-refractivity contribution in [2.45, 2.75) is 51.0 Å². The van der Waals surface area contributed by atoms with Crippen molar-refractivity contribution in [1.82, 2.24) is 5.32 Å². The van der Waals surface area contributed by atoms with Crippen molar-refractivity contribution in [2.75, 3.05) is 13.2 Å². The summed E-state index contributed by atoms with van der Waals surface area (Å²) in [6, 6.07) is 0.570. The van der Waals surface area contributed by atoms with Gasteiger partial charge in [0.05, 0.1) is 0 Å². The number of hydrogen-bond acceptors (Lipinski definition) is 2. The van der Waals surface area contributed by atoms with Crippen LogP contribution in [0.15, 0.2) is 4.99 Å². The van der Waals surface area contributed by atoms with Gasteiger partial charge in [0, 0.05) is 19.2 Å². The highest BCUT2D eigenvalue weighted by atomic mass is 16.3. The van der Waals surface area contributed by atoms with Crippen LogP contribution in [0, 0.1) is 5.41 Å². The first-order valence-corrected chi connectivity index (χ1v) is 6.41. The Bertz CT molecular complexity index is 255. The molecule has 16 heavy (non-hydrogen) atoms. The Kier molecular flexibility index (Phi) is 3.69. The number of guanidine groups is 1. The van der Waals surface area contributed by atoms with Crippen molar-refractivity contribution in [1.29, 1.82) is 0 Å². The Labute approximate surface area is 97.3 Å². The van der Waals surface area contributed by atoms with Crippen LogP contribution in [0.2, 0.25) is 0 Å². The molecule has 2 saturated carbocycles. The summed E-state index contributed by atoms with van der Waals surface area (Å²) in [6.45, 7) is 1.05. The Morgan fingerprint density at radius 2 is 2.06 bits per heavy atom. The number of aliphatic hydroxyl groups excluding tert-OH is 1. The summed E-state index contributed by atoms with van der Waals surface area (Å²) >= 11 is 0. The van der Waals surface area contributed by atoms with Crippen LogP contribution in [-0.2, 0) is 0 Å². The molecule has 0 aromatic carbocycles. The summed E-state index contributed by atoms with van der Waals surface area (Å²) in [5, 5.41) is 12.3. The first kappa shape index (κ1) is 11.7. The van der Waals surface area contributed by atoms with Gasteiger partial charge in [-0.15, -0.1) is 0 Å². The third-order valence-corrected chi connectivity index (χ3v) is 3.82. The van der Waals surface area contributed by atoms with Gasteiger partial charge in [0.2, 0.25) is 0 Å². The molecule has 0 aromatic rings. The molecule has 0 spiro atoms. The third kappa shape index (κ3) is 3.11. The van der Waals surface area contributed by atoms with Crippen LogP contribution in [0.1, 0.15) is 44.9 Å². The minimum absolute atomic E-state index is 0.227. The highest BCUT2D eigenvalue weighted by Gasteiger charge is 2.33. The number of nitrogens with zero attached hydrogens (tertiary/aromatic N) is 1. The summed E-state index contributed by atoms with van der Waals surface area (Å²) in [5.74, 6) is 0.590. The minimum atomic E-state index is 0.227. The Morgan fingerprint density at radius 3 is 2.62 bits per heavy atom. The van der Waals surface area contributed by atoms with Gasteiger partial charge in [-0.05, 0) is 37.5 Å². The van der Waals surface area contributed by atoms with Gasteiger partial charge < -0.3 is 16.2 Å². The maximum absolute atomic E-state index is 9.12. The molecular weight excluding hydrogens is 202 g/mol. The molecule has 0 atom stereocenters. The largest absolute Gasteiger partial charge is 0.396 e. The topological polar surface area (TPSA) is 70.6 Å². The number of aliphatic hydroxyl groups is 1. The van der Waals surface area contributed by atoms with Crippen LogP contribution in [0.5, 0.6) is 0 Å². The molecule has 2 aliphatic carbocycles. The number of nitrogens with one attached hydrogen (secondary N) is 1. The van der Waals surface area contributed by atoms with E-state index in [2.05, 4.69) is 10.3 Å². The van der Waals surface area contributed by atoms with Crippen molar-refractivity contribution in [2.24, 2.45) is 16.1 Å². The maximum atomic E-state index is 9.12. The maximum Gasteiger partial charge on any atom is 0.188 e. The molecule has 2 rings (SSSR count). The SMILES string of the molecule is NC(=NCC1(CCO)CCCC1)NC1CC1. The second-order valence-electron chi connectivity index (χ2n) is 5.30. The summed E-state index contributed by atoms with van der Waals surface area (Å²) in [4.78, 5) is 4.45. The summed E-state index contributed by atoms with van der Waals surface area (Å²) in [5.41, 5.74) is 6.05. The quantitative estimate of drug-likeness (QED) is 0.483. The second kappa shape index (κ2) is 5.04. The fourth-order valence-corrected chi connectivity index (χ4v) is 2.58. The van der Waals surface area contributed by atoms with Crippen molar-refractivity contribution < 1.29 is 5.11 Å². The smallest absolute Gasteiger partial charge is 0.188 e. The first-order chi connectivity index (χ1) is 7.74. The van der Waals surface area contributed by atoms with Crippen molar-refractivity contribution in [3.63, 3.8) is 0 Å². The normalized spacial score (nSPS) is 24.7. The van der Waals surface area contributed by atoms with Gasteiger partial charge in [-0.1, -0.05) is 12.8 Å². The van der Waals surface area contributed by atoms with E-state index in [-0.39, 0.29) is 12.0 Å². The van der Waals surface area contributed by atoms with Gasteiger partial charge in [-0.25, -0.2) is 0 Å². The number of rotatable bonds is 5. The summed E-state index contributed by atoms with van der Waals surface area (Å²) < 4.78 is 0. The van der Waals surface area contributed by atoms with Crippen LogP contribution in [0.25, 0.3) is 0 Å². The van der Waals surface area contributed by atoms with Gasteiger partial charge in [0.15, 0.2) is 5.96 Å². The average molecular weight is 225 g/mol. The average Bonchev–Trinajstić information content (AvgIpc) is 2.94. The molecule has 4 nitrogen and oxygen atoms in total. The Morgan fingerprint density at radius 1 is 1.38 bits per heavy atom. The molecule has 0 unspecified atom stereocenters. The van der Waals surface area contributed by atoms with Crippen LogP contribution >= 0.6 is 0 Å². The zero-order valence-corrected chi connectivity index (χ0v) is 9.91. The fraction of sp³-hybridized carbons (Fsp3) is 0.917. The molecule has 0 bridgehead atoms. The van der Waals surface area contributed by atoms with Gasteiger partial charge in [-0.3, -0.25) is 4.99 Å². The number of nitrogens with two attached hydrogens (primary N) is 1. The molecule has 0 saturated heterocycles. The lowest BCUT2D eigenvalue weighted by atomic mass is 9.83. The van der Waals surface area contributed by atoms with Gasteiger partial charge in [0.1, 0.15) is 0 Å². The fourth-order valence-electron chi connectivity index (χ4n) is 2.58. The molecule has 0 radical (unpaired) electrons. The van der Waals surface area contributed by atoms with E-state index in [1.807, 2.05) is 0 Å². The molecule has 0 aromatic heterocycles. The van der Waals surface area contributed by atoms with Crippen LogP contribution in [0.3, 0.4) is 0 Å². The highest BCUT2D eigenvalue weighted by Crippen LogP contribution is 2.41. The van der Waals surface area contributed by atoms with E-state index in [9.17, 15) is 0 Å². The molecule has 4 heteroatoms. The van der Waals surface area contributed by atoms with E-state index in [1.54, 1.807) is 0 Å². The van der Waals surface area contributed by atoms with E-state index >= 15 is 0 Å². The number of hydrogen-bond donors (Lipinski definition) is 3. The number of aliphatic imine (C=N–C) groups is 1. The predicted octanol–water partition coefficient (Wildman–Crippen LogP) is 0.996. The molecule has 2 aliphatic rings. The minimum Gasteiger partial charge on any atom is -0.396 e. The summed E-state index contributed by atoms with van der Waals surface area (Å²) in [6.07, 6.45) is 8.22. The van der Waals surface area contributed by atoms with Gasteiger partial charge in [0.25, 0.3) is 0 Å². The standard InChI is InChI=1S/C12H23N3O/c13-11(15-10-3-4-10)14-9-12(7-8-16)5-1-2-6-12/h10,16H,1-9H2,(H3,13,14,15). The molecule has 92 valence electrons. The lowest BCUT2D eigenvalue weighted by Crippen LogP contribution is -2.35. The van der Waals surface area contributed by atoms with E-state index in [1.165, 1.54) is 38.5 Å². The molecule has 0 amide bonds. The predicted molar refractivity (Wildman–Crippen MR) is 65.3 cm³/mol. The second-order valence-corrected chi connectivity index (χ2v) is 5.30. The van der Waals surface area contributed by atoms with Crippen LogP contribution < -0.4 is 11.1 Å². The Hall–Kier alpha value is -0.770. The van der Waals surface area contributed by atoms with Gasteiger partial charge >= 0.3 is 0 Å². The molecule has 0 heterocycles. The lowest BCUT2D eigenvalue weighted by Gasteiger charge is -2.26. The van der Waals surface area contributed by atoms with Crippen LogP contribution in [-0.4, -0.2) is 30.3 Å². The van der Waals surface area contributed by atoms with Crippen molar-refractivity contribution >= 4 is 5.96 Å². The highest BCUT2D eigenvalue weighted by molar-refractivity contribution is 5.78. The van der Waals surface area contributed by atoms with Crippen molar-refractivity contribution in [3.05, 3.63) is 0 Å². The van der Waals surface area contributed by atoms with E-state index in [4.69, 9.17) is 10.8 Å². The van der Waals surface area contributed by atoms with Crippen molar-refractivity contribution in [3.8, 4) is 0 Å². The van der Waals surface area contributed by atoms with Gasteiger partial charge in [-0.2, -0.15) is 0 Å². The molecule has 2 fully saturated rings. The zero-order chi connectivity index (χ0) is 11.4. The molecule has 4 N–H and O–H groups in total. The third-order valence-electron chi connectivity index (χ3n) is 3.82. The monoisotopic (exact) mass is 225 g/mol. The van der Waals surface area contributed by atoms with E-state index in [0.29, 0.717) is 12.0 Å². The van der Waals surface area contributed by atoms with E-state index < -0.39 is 0 Å². The zero-order valence-electron chi connectivity index (χ0n) is 9.91. The molecule has 0 aliphatic heterocycles. The first-order valence-electron chi connectivity index (χ1n) is 6.41. The summed E-state index contributed by atoms with van der Waals surface area (Å²) in [7, 11) is 0. The Balaban J connectivity index is 1.84. The lowest BCUT2D eigenvalue weighted by molar-refractivity contribution is 0.191.